The lowest BCUT2D eigenvalue weighted by atomic mass is 9.92. The SMILES string of the molecule is Cc1ccccc1N1C=CN(C(C)C)[C@H]1C.Cc1ccccc1N1C=CN(c2c(C(C)C)cccc2C(C)C)[C@H]1C.Cc1ccccc1N1C=CN(c2c(C)cccc2C)[C@H]1C.Cc1ccccc1N1C=CN(c2ccccc2)[C@H]1C.Cc1ccccc1N1c2ccccc2N(C)[C@H]1C.Cc1ccccc1N1c2ccccc2N(C)[C@H]1C. The molecule has 0 amide bonds. The Labute approximate surface area is 702 Å². The van der Waals surface area contributed by atoms with Gasteiger partial charge in [0, 0.05) is 121 Å². The number of aryl methyl sites for hydroxylation is 8. The van der Waals surface area contributed by atoms with Crippen molar-refractivity contribution in [3.63, 3.8) is 0 Å². The molecule has 0 aromatic heterocycles. The summed E-state index contributed by atoms with van der Waals surface area (Å²) >= 11 is 0. The van der Waals surface area contributed by atoms with Gasteiger partial charge in [0.15, 0.2) is 0 Å². The molecule has 0 spiro atoms. The summed E-state index contributed by atoms with van der Waals surface area (Å²) < 4.78 is 0. The molecular weight excluding hydrogens is 1430 g/mol. The molecule has 0 aliphatic carbocycles. The third-order valence-electron chi connectivity index (χ3n) is 24.0. The molecule has 0 unspecified atom stereocenters. The zero-order valence-corrected chi connectivity index (χ0v) is 73.5. The van der Waals surface area contributed by atoms with Gasteiger partial charge in [0.05, 0.1) is 22.7 Å². The van der Waals surface area contributed by atoms with E-state index in [1.165, 1.54) is 130 Å². The van der Waals surface area contributed by atoms with Crippen LogP contribution in [0.5, 0.6) is 0 Å². The molecule has 0 saturated heterocycles. The largest absolute Gasteiger partial charge is 0.353 e. The summed E-state index contributed by atoms with van der Waals surface area (Å²) in [5.41, 5.74) is 30.2. The molecule has 117 heavy (non-hydrogen) atoms. The fraction of sp³-hybridized carbons (Fsp3) is 0.295. The van der Waals surface area contributed by atoms with Crippen LogP contribution in [0.1, 0.15) is 151 Å². The quantitative estimate of drug-likeness (QED) is 0.117. The van der Waals surface area contributed by atoms with Crippen LogP contribution in [0.2, 0.25) is 0 Å². The first-order chi connectivity index (χ1) is 56.3. The summed E-state index contributed by atoms with van der Waals surface area (Å²) in [4.78, 5) is 28.3. The van der Waals surface area contributed by atoms with Gasteiger partial charge in [0.2, 0.25) is 0 Å². The third kappa shape index (κ3) is 18.2. The van der Waals surface area contributed by atoms with Crippen LogP contribution in [0, 0.1) is 55.4 Å². The molecule has 0 N–H and O–H groups in total. The van der Waals surface area contributed by atoms with Gasteiger partial charge >= 0.3 is 0 Å². The van der Waals surface area contributed by atoms with E-state index < -0.39 is 0 Å². The van der Waals surface area contributed by atoms with Crippen LogP contribution in [-0.2, 0) is 0 Å². The predicted molar refractivity (Wildman–Crippen MR) is 506 cm³/mol. The molecule has 606 valence electrons. The first-order valence-corrected chi connectivity index (χ1v) is 42.1. The molecule has 12 heteroatoms. The van der Waals surface area contributed by atoms with Gasteiger partial charge in [-0.05, 0) is 251 Å². The van der Waals surface area contributed by atoms with E-state index in [1.807, 2.05) is 6.07 Å². The number of hydrogen-bond acceptors (Lipinski definition) is 12. The Hall–Kier alpha value is -12.0. The van der Waals surface area contributed by atoms with Crippen LogP contribution in [0.25, 0.3) is 0 Å². The van der Waals surface area contributed by atoms with E-state index >= 15 is 0 Å². The maximum Gasteiger partial charge on any atom is 0.107 e. The summed E-state index contributed by atoms with van der Waals surface area (Å²) in [7, 11) is 4.31. The van der Waals surface area contributed by atoms with E-state index in [1.54, 1.807) is 0 Å². The number of fused-ring (bicyclic) bond motifs is 2. The van der Waals surface area contributed by atoms with Gasteiger partial charge in [-0.25, -0.2) is 0 Å². The summed E-state index contributed by atoms with van der Waals surface area (Å²) in [6.45, 7) is 44.4. The Morgan fingerprint density at radius 2 is 0.470 bits per heavy atom. The second-order valence-electron chi connectivity index (χ2n) is 32.7. The first-order valence-electron chi connectivity index (χ1n) is 42.1. The van der Waals surface area contributed by atoms with Crippen LogP contribution in [-0.4, -0.2) is 62.0 Å². The van der Waals surface area contributed by atoms with Gasteiger partial charge < -0.3 is 58.8 Å². The number of para-hydroxylation sites is 13. The molecule has 6 aliphatic rings. The highest BCUT2D eigenvalue weighted by Gasteiger charge is 2.35. The topological polar surface area (TPSA) is 38.9 Å². The minimum atomic E-state index is 0.262. The van der Waals surface area contributed by atoms with Gasteiger partial charge in [-0.15, -0.1) is 0 Å². The first kappa shape index (κ1) is 84.4. The van der Waals surface area contributed by atoms with Crippen molar-refractivity contribution >= 4 is 73.9 Å². The lowest BCUT2D eigenvalue weighted by Gasteiger charge is -2.34. The summed E-state index contributed by atoms with van der Waals surface area (Å²) in [6, 6.07) is 92.8. The molecule has 0 radical (unpaired) electrons. The van der Waals surface area contributed by atoms with Crippen LogP contribution in [0.4, 0.5) is 73.9 Å². The van der Waals surface area contributed by atoms with E-state index in [0.717, 1.165) is 0 Å². The fourth-order valence-corrected chi connectivity index (χ4v) is 17.1. The number of anilines is 13. The van der Waals surface area contributed by atoms with Crippen molar-refractivity contribution in [2.24, 2.45) is 0 Å². The summed E-state index contributed by atoms with van der Waals surface area (Å²) in [5.74, 6) is 1.00. The highest BCUT2D eigenvalue weighted by atomic mass is 15.4. The molecule has 11 aromatic rings. The third-order valence-corrected chi connectivity index (χ3v) is 24.0. The molecule has 6 aliphatic heterocycles. The lowest BCUT2D eigenvalue weighted by molar-refractivity contribution is 0.263. The molecule has 17 rings (SSSR count). The average Bonchev–Trinajstić information content (AvgIpc) is 1.63. The highest BCUT2D eigenvalue weighted by molar-refractivity contribution is 5.86. The van der Waals surface area contributed by atoms with Gasteiger partial charge in [-0.3, -0.25) is 0 Å². The molecule has 6 atom stereocenters. The Kier molecular flexibility index (Phi) is 27.2. The average molecular weight is 1560 g/mol. The van der Waals surface area contributed by atoms with Gasteiger partial charge in [-0.1, -0.05) is 216 Å². The van der Waals surface area contributed by atoms with Crippen LogP contribution in [0.3, 0.4) is 0 Å². The maximum absolute atomic E-state index is 2.44. The van der Waals surface area contributed by atoms with Crippen LogP contribution >= 0.6 is 0 Å². The zero-order chi connectivity index (χ0) is 83.5. The van der Waals surface area contributed by atoms with E-state index in [2.05, 4.69) is 516 Å². The highest BCUT2D eigenvalue weighted by Crippen LogP contribution is 2.47. The van der Waals surface area contributed by atoms with Crippen molar-refractivity contribution in [2.45, 2.75) is 193 Å². The smallest absolute Gasteiger partial charge is 0.107 e. The predicted octanol–water partition coefficient (Wildman–Crippen LogP) is 26.5. The fourth-order valence-electron chi connectivity index (χ4n) is 17.1. The monoisotopic (exact) mass is 1560 g/mol. The van der Waals surface area contributed by atoms with Crippen molar-refractivity contribution in [1.29, 1.82) is 0 Å². The number of benzene rings is 11. The molecule has 0 fully saturated rings. The van der Waals surface area contributed by atoms with Crippen molar-refractivity contribution in [3.05, 3.63) is 366 Å². The Bertz CT molecular complexity index is 5120. The molecular formula is C105H126N12. The van der Waals surface area contributed by atoms with E-state index in [4.69, 9.17) is 0 Å². The van der Waals surface area contributed by atoms with Crippen LogP contribution in [0.15, 0.2) is 310 Å². The molecule has 0 bridgehead atoms. The van der Waals surface area contributed by atoms with Gasteiger partial charge in [0.1, 0.15) is 37.0 Å². The molecule has 12 nitrogen and oxygen atoms in total. The minimum Gasteiger partial charge on any atom is -0.353 e. The number of nitrogens with zero attached hydrogens (tertiary/aromatic N) is 12. The second kappa shape index (κ2) is 37.7. The molecule has 0 saturated carbocycles. The van der Waals surface area contributed by atoms with Crippen molar-refractivity contribution in [2.75, 3.05) is 68.0 Å². The summed E-state index contributed by atoms with van der Waals surface area (Å²) in [5, 5.41) is 0. The molecule has 11 aromatic carbocycles. The Morgan fingerprint density at radius 3 is 0.803 bits per heavy atom. The second-order valence-corrected chi connectivity index (χ2v) is 32.7. The standard InChI is InChI=1S/C23H30N2.C19H22N2.C17H18N2.2C16H18N2.C14H20N2/c1-16(2)20-11-9-12-21(17(3)4)23(20)25-15-14-24(19(25)6)22-13-8-7-10-18(22)5;1-14-8-5-6-11-18(14)20-12-13-21(17(20)4)19-15(2)9-7-10-16(19)3;1-14-8-6-7-11-17(14)19-13-12-18(15(19)2)16-9-4-3-5-10-16;2*1-12-8-4-5-9-14(12)18-13(2)17(3)15-10-6-7-11-16(15)18;1-11(2)15-9-10-16(13(15)4)14-8-6-5-7-12(14)3/h7-17,19H,1-6H3;5-13,17H,1-4H3;3-13,15H,1-2H3;2*4-11,13H,1-3H3;5-11,13H,1-4H3/t19-;17-;15-;3*13-/m001111/s1. The van der Waals surface area contributed by atoms with Crippen LogP contribution < -0.4 is 53.9 Å². The zero-order valence-electron chi connectivity index (χ0n) is 73.5. The van der Waals surface area contributed by atoms with E-state index in [-0.39, 0.29) is 12.3 Å². The Balaban J connectivity index is 0.000000130. The number of hydrogen-bond donors (Lipinski definition) is 0. The summed E-state index contributed by atoms with van der Waals surface area (Å²) in [6.07, 6.45) is 19.4. The van der Waals surface area contributed by atoms with E-state index in [9.17, 15) is 0 Å². The molecule has 6 heterocycles. The van der Waals surface area contributed by atoms with Crippen molar-refractivity contribution in [3.8, 4) is 0 Å². The van der Waals surface area contributed by atoms with Crippen molar-refractivity contribution < 1.29 is 0 Å². The van der Waals surface area contributed by atoms with Gasteiger partial charge in [-0.2, -0.15) is 0 Å². The minimum absolute atomic E-state index is 0.262. The van der Waals surface area contributed by atoms with Gasteiger partial charge in [0.25, 0.3) is 0 Å². The Morgan fingerprint density at radius 1 is 0.214 bits per heavy atom. The lowest BCUT2D eigenvalue weighted by Crippen LogP contribution is -2.39. The van der Waals surface area contributed by atoms with Crippen molar-refractivity contribution in [1.82, 2.24) is 4.90 Å². The maximum atomic E-state index is 2.44. The normalized spacial score (nSPS) is 18.1. The number of rotatable bonds is 12. The van der Waals surface area contributed by atoms with E-state index in [0.29, 0.717) is 42.5 Å².